The molecular formula is C20H22FN2O+. The second-order valence-corrected chi connectivity index (χ2v) is 6.26. The first-order valence-electron chi connectivity index (χ1n) is 8.26. The molecule has 0 spiro atoms. The van der Waals surface area contributed by atoms with Gasteiger partial charge in [0.2, 0.25) is 0 Å². The standard InChI is InChI=1S/C20H21FN2O/c1-15-7-8-19(18(21)13-15)22-20(24)14-23-11-9-17(10-12-23)16-5-3-2-4-6-16/h2-9,13H,10-12,14H2,1H3,(H,22,24)/p+1. The lowest BCUT2D eigenvalue weighted by atomic mass is 10.00. The summed E-state index contributed by atoms with van der Waals surface area (Å²) in [5.41, 5.74) is 3.68. The number of anilines is 1. The largest absolute Gasteiger partial charge is 0.324 e. The summed E-state index contributed by atoms with van der Waals surface area (Å²) in [7, 11) is 0. The first-order chi connectivity index (χ1) is 11.6. The number of hydrogen-bond acceptors (Lipinski definition) is 1. The zero-order chi connectivity index (χ0) is 16.9. The van der Waals surface area contributed by atoms with Gasteiger partial charge in [-0.05, 0) is 41.8 Å². The molecule has 1 aliphatic heterocycles. The van der Waals surface area contributed by atoms with Crippen molar-refractivity contribution in [1.29, 1.82) is 0 Å². The molecule has 0 saturated heterocycles. The normalized spacial score (nSPS) is 17.2. The van der Waals surface area contributed by atoms with Gasteiger partial charge in [0.05, 0.1) is 18.8 Å². The number of carbonyl (C=O) groups excluding carboxylic acids is 1. The summed E-state index contributed by atoms with van der Waals surface area (Å²) < 4.78 is 13.8. The summed E-state index contributed by atoms with van der Waals surface area (Å²) >= 11 is 0. The van der Waals surface area contributed by atoms with Crippen molar-refractivity contribution in [3.8, 4) is 0 Å². The van der Waals surface area contributed by atoms with E-state index in [0.717, 1.165) is 25.1 Å². The Labute approximate surface area is 141 Å². The third-order valence-corrected chi connectivity index (χ3v) is 4.34. The Bertz CT molecular complexity index is 755. The Morgan fingerprint density at radius 3 is 2.67 bits per heavy atom. The Morgan fingerprint density at radius 2 is 2.00 bits per heavy atom. The van der Waals surface area contributed by atoms with Crippen LogP contribution in [0.5, 0.6) is 0 Å². The molecule has 0 radical (unpaired) electrons. The molecule has 3 rings (SSSR count). The van der Waals surface area contributed by atoms with E-state index in [9.17, 15) is 9.18 Å². The molecule has 1 heterocycles. The summed E-state index contributed by atoms with van der Waals surface area (Å²) in [6, 6.07) is 15.2. The minimum Gasteiger partial charge on any atom is -0.324 e. The molecule has 1 unspecified atom stereocenters. The van der Waals surface area contributed by atoms with Gasteiger partial charge in [-0.15, -0.1) is 0 Å². The van der Waals surface area contributed by atoms with E-state index in [4.69, 9.17) is 0 Å². The van der Waals surface area contributed by atoms with Gasteiger partial charge in [-0.1, -0.05) is 36.4 Å². The van der Waals surface area contributed by atoms with Crippen LogP contribution in [0.2, 0.25) is 0 Å². The van der Waals surface area contributed by atoms with E-state index in [1.165, 1.54) is 22.1 Å². The molecule has 0 bridgehead atoms. The van der Waals surface area contributed by atoms with Gasteiger partial charge in [-0.3, -0.25) is 4.79 Å². The van der Waals surface area contributed by atoms with Crippen LogP contribution in [0.15, 0.2) is 54.6 Å². The van der Waals surface area contributed by atoms with Crippen molar-refractivity contribution in [1.82, 2.24) is 0 Å². The van der Waals surface area contributed by atoms with Crippen LogP contribution < -0.4 is 10.2 Å². The van der Waals surface area contributed by atoms with Crippen LogP contribution in [0.3, 0.4) is 0 Å². The number of benzene rings is 2. The number of rotatable bonds is 4. The molecule has 1 aliphatic rings. The average molecular weight is 325 g/mol. The number of amides is 1. The lowest BCUT2D eigenvalue weighted by Gasteiger charge is -2.23. The maximum atomic E-state index is 13.8. The molecule has 124 valence electrons. The second kappa shape index (κ2) is 7.41. The SMILES string of the molecule is Cc1ccc(NC(=O)C[NH+]2CC=C(c3ccccc3)CC2)c(F)c1. The summed E-state index contributed by atoms with van der Waals surface area (Å²) in [5, 5.41) is 2.67. The highest BCUT2D eigenvalue weighted by Gasteiger charge is 2.19. The highest BCUT2D eigenvalue weighted by Crippen LogP contribution is 2.18. The van der Waals surface area contributed by atoms with Gasteiger partial charge in [0.15, 0.2) is 6.54 Å². The molecule has 0 aliphatic carbocycles. The smallest absolute Gasteiger partial charge is 0.279 e. The molecular weight excluding hydrogens is 303 g/mol. The fourth-order valence-corrected chi connectivity index (χ4v) is 3.00. The van der Waals surface area contributed by atoms with Crippen LogP contribution in [-0.2, 0) is 4.79 Å². The molecule has 0 saturated carbocycles. The lowest BCUT2D eigenvalue weighted by molar-refractivity contribution is -0.886. The molecule has 24 heavy (non-hydrogen) atoms. The Kier molecular flexibility index (Phi) is 5.06. The van der Waals surface area contributed by atoms with Crippen LogP contribution in [0, 0.1) is 12.7 Å². The molecule has 4 heteroatoms. The van der Waals surface area contributed by atoms with Crippen LogP contribution in [-0.4, -0.2) is 25.5 Å². The summed E-state index contributed by atoms with van der Waals surface area (Å²) in [5.74, 6) is -0.535. The number of aryl methyl sites for hydroxylation is 1. The quantitative estimate of drug-likeness (QED) is 0.889. The number of nitrogens with one attached hydrogen (secondary N) is 2. The molecule has 3 nitrogen and oxygen atoms in total. The van der Waals surface area contributed by atoms with E-state index >= 15 is 0 Å². The van der Waals surface area contributed by atoms with Crippen molar-refractivity contribution >= 4 is 17.2 Å². The Morgan fingerprint density at radius 1 is 1.21 bits per heavy atom. The van der Waals surface area contributed by atoms with Gasteiger partial charge in [0, 0.05) is 6.42 Å². The van der Waals surface area contributed by atoms with Crippen molar-refractivity contribution < 1.29 is 14.1 Å². The van der Waals surface area contributed by atoms with Crippen molar-refractivity contribution in [3.05, 3.63) is 71.6 Å². The predicted octanol–water partition coefficient (Wildman–Crippen LogP) is 2.44. The minimum atomic E-state index is -0.386. The van der Waals surface area contributed by atoms with Gasteiger partial charge in [0.25, 0.3) is 5.91 Å². The maximum absolute atomic E-state index is 13.8. The third-order valence-electron chi connectivity index (χ3n) is 4.34. The average Bonchev–Trinajstić information content (AvgIpc) is 2.59. The molecule has 2 aromatic rings. The maximum Gasteiger partial charge on any atom is 0.279 e. The van der Waals surface area contributed by atoms with Gasteiger partial charge in [-0.25, -0.2) is 4.39 Å². The summed E-state index contributed by atoms with van der Waals surface area (Å²) in [6.07, 6.45) is 3.15. The van der Waals surface area contributed by atoms with E-state index in [2.05, 4.69) is 23.5 Å². The fraction of sp³-hybridized carbons (Fsp3) is 0.250. The van der Waals surface area contributed by atoms with Crippen molar-refractivity contribution in [2.24, 2.45) is 0 Å². The van der Waals surface area contributed by atoms with E-state index < -0.39 is 0 Å². The second-order valence-electron chi connectivity index (χ2n) is 6.26. The van der Waals surface area contributed by atoms with E-state index in [0.29, 0.717) is 6.54 Å². The van der Waals surface area contributed by atoms with Crippen LogP contribution in [0.4, 0.5) is 10.1 Å². The molecule has 2 aromatic carbocycles. The zero-order valence-electron chi connectivity index (χ0n) is 13.8. The summed E-state index contributed by atoms with van der Waals surface area (Å²) in [6.45, 7) is 3.90. The minimum absolute atomic E-state index is 0.149. The highest BCUT2D eigenvalue weighted by molar-refractivity contribution is 5.91. The molecule has 0 aromatic heterocycles. The Balaban J connectivity index is 1.56. The van der Waals surface area contributed by atoms with E-state index in [1.807, 2.05) is 25.1 Å². The topological polar surface area (TPSA) is 33.5 Å². The first-order valence-corrected chi connectivity index (χ1v) is 8.26. The first kappa shape index (κ1) is 16.4. The van der Waals surface area contributed by atoms with Crippen LogP contribution >= 0.6 is 0 Å². The zero-order valence-corrected chi connectivity index (χ0v) is 13.8. The highest BCUT2D eigenvalue weighted by atomic mass is 19.1. The molecule has 1 amide bonds. The number of quaternary nitrogens is 1. The van der Waals surface area contributed by atoms with E-state index in [-0.39, 0.29) is 17.4 Å². The van der Waals surface area contributed by atoms with Crippen molar-refractivity contribution in [3.63, 3.8) is 0 Å². The predicted molar refractivity (Wildman–Crippen MR) is 94.4 cm³/mol. The monoisotopic (exact) mass is 325 g/mol. The van der Waals surface area contributed by atoms with Crippen molar-refractivity contribution in [2.45, 2.75) is 13.3 Å². The van der Waals surface area contributed by atoms with E-state index in [1.54, 1.807) is 12.1 Å². The number of carbonyl (C=O) groups is 1. The molecule has 2 N–H and O–H groups in total. The fourth-order valence-electron chi connectivity index (χ4n) is 3.00. The van der Waals surface area contributed by atoms with Gasteiger partial charge < -0.3 is 10.2 Å². The summed E-state index contributed by atoms with van der Waals surface area (Å²) in [4.78, 5) is 13.3. The lowest BCUT2D eigenvalue weighted by Crippen LogP contribution is -3.13. The number of hydrogen-bond donors (Lipinski definition) is 2. The van der Waals surface area contributed by atoms with Crippen molar-refractivity contribution in [2.75, 3.05) is 25.0 Å². The Hall–Kier alpha value is -2.46. The molecule has 1 atom stereocenters. The number of halogens is 1. The van der Waals surface area contributed by atoms with Crippen LogP contribution in [0.25, 0.3) is 5.57 Å². The van der Waals surface area contributed by atoms with Gasteiger partial charge in [-0.2, -0.15) is 0 Å². The van der Waals surface area contributed by atoms with Crippen LogP contribution in [0.1, 0.15) is 17.5 Å². The molecule has 0 fully saturated rings. The third kappa shape index (κ3) is 4.09. The van der Waals surface area contributed by atoms with Gasteiger partial charge >= 0.3 is 0 Å². The van der Waals surface area contributed by atoms with Gasteiger partial charge in [0.1, 0.15) is 5.82 Å².